The SMILES string of the molecule is CC(C)OC(=O)OCOc1c2n(ncc1=O)C(C(c1ccccc1)c1ccccc1)CN(C(C)C)C2=O. The zero-order valence-electron chi connectivity index (χ0n) is 21.4. The summed E-state index contributed by atoms with van der Waals surface area (Å²) in [4.78, 5) is 40.0. The molecule has 1 aliphatic rings. The molecule has 9 nitrogen and oxygen atoms in total. The van der Waals surface area contributed by atoms with Gasteiger partial charge in [-0.1, -0.05) is 60.7 Å². The smallest absolute Gasteiger partial charge is 0.451 e. The van der Waals surface area contributed by atoms with Crippen LogP contribution in [0.15, 0.2) is 71.7 Å². The van der Waals surface area contributed by atoms with Crippen LogP contribution in [-0.4, -0.2) is 52.2 Å². The highest BCUT2D eigenvalue weighted by Crippen LogP contribution is 2.39. The first kappa shape index (κ1) is 25.9. The molecule has 37 heavy (non-hydrogen) atoms. The lowest BCUT2D eigenvalue weighted by Gasteiger charge is -2.41. The highest BCUT2D eigenvalue weighted by Gasteiger charge is 2.40. The van der Waals surface area contributed by atoms with E-state index >= 15 is 0 Å². The van der Waals surface area contributed by atoms with E-state index in [9.17, 15) is 14.4 Å². The van der Waals surface area contributed by atoms with Gasteiger partial charge in [0.05, 0.1) is 18.3 Å². The molecule has 1 unspecified atom stereocenters. The van der Waals surface area contributed by atoms with Crippen LogP contribution in [0, 0.1) is 0 Å². The Kier molecular flexibility index (Phi) is 7.91. The van der Waals surface area contributed by atoms with Gasteiger partial charge in [0.15, 0.2) is 5.69 Å². The summed E-state index contributed by atoms with van der Waals surface area (Å²) in [5.41, 5.74) is 1.53. The van der Waals surface area contributed by atoms with E-state index in [4.69, 9.17) is 14.2 Å². The molecule has 194 valence electrons. The second-order valence-corrected chi connectivity index (χ2v) is 9.37. The van der Waals surface area contributed by atoms with Crippen LogP contribution in [0.3, 0.4) is 0 Å². The highest BCUT2D eigenvalue weighted by molar-refractivity contribution is 5.96. The summed E-state index contributed by atoms with van der Waals surface area (Å²) >= 11 is 0. The van der Waals surface area contributed by atoms with Crippen LogP contribution < -0.4 is 10.2 Å². The molecule has 9 heteroatoms. The number of hydrogen-bond acceptors (Lipinski definition) is 7. The second kappa shape index (κ2) is 11.3. The number of carbonyl (C=O) groups excluding carboxylic acids is 2. The molecule has 1 aromatic heterocycles. The summed E-state index contributed by atoms with van der Waals surface area (Å²) in [6.07, 6.45) is -0.176. The van der Waals surface area contributed by atoms with Crippen LogP contribution in [-0.2, 0) is 9.47 Å². The molecule has 3 aromatic rings. The van der Waals surface area contributed by atoms with Gasteiger partial charge in [0.1, 0.15) is 0 Å². The minimum atomic E-state index is -0.931. The first-order valence-corrected chi connectivity index (χ1v) is 12.3. The van der Waals surface area contributed by atoms with Crippen molar-refractivity contribution in [3.05, 3.63) is 93.9 Å². The number of ether oxygens (including phenoxy) is 3. The van der Waals surface area contributed by atoms with Crippen LogP contribution in [0.2, 0.25) is 0 Å². The summed E-state index contributed by atoms with van der Waals surface area (Å²) in [5, 5.41) is 4.40. The monoisotopic (exact) mass is 505 g/mol. The molecular weight excluding hydrogens is 474 g/mol. The Morgan fingerprint density at radius 1 is 0.973 bits per heavy atom. The normalized spacial score (nSPS) is 15.2. The van der Waals surface area contributed by atoms with Crippen LogP contribution in [0.1, 0.15) is 61.3 Å². The molecule has 1 aliphatic heterocycles. The number of amides is 1. The molecule has 1 amide bonds. The molecule has 0 aliphatic carbocycles. The number of benzene rings is 2. The molecule has 0 saturated heterocycles. The lowest BCUT2D eigenvalue weighted by Crippen LogP contribution is -2.50. The minimum Gasteiger partial charge on any atom is -0.451 e. The Balaban J connectivity index is 1.80. The van der Waals surface area contributed by atoms with Gasteiger partial charge >= 0.3 is 6.16 Å². The number of hydrogen-bond donors (Lipinski definition) is 0. The number of carbonyl (C=O) groups is 2. The maximum Gasteiger partial charge on any atom is 0.511 e. The average molecular weight is 506 g/mol. The molecule has 2 aromatic carbocycles. The van der Waals surface area contributed by atoms with Gasteiger partial charge in [0.25, 0.3) is 5.91 Å². The van der Waals surface area contributed by atoms with E-state index in [2.05, 4.69) is 5.10 Å². The van der Waals surface area contributed by atoms with Crippen molar-refractivity contribution in [3.63, 3.8) is 0 Å². The molecule has 0 N–H and O–H groups in total. The van der Waals surface area contributed by atoms with Gasteiger partial charge in [-0.3, -0.25) is 14.3 Å². The second-order valence-electron chi connectivity index (χ2n) is 9.37. The van der Waals surface area contributed by atoms with E-state index in [0.29, 0.717) is 6.54 Å². The summed E-state index contributed by atoms with van der Waals surface area (Å²) in [7, 11) is 0. The van der Waals surface area contributed by atoms with Crippen LogP contribution >= 0.6 is 0 Å². The molecule has 1 atom stereocenters. The van der Waals surface area contributed by atoms with E-state index in [1.54, 1.807) is 23.4 Å². The van der Waals surface area contributed by atoms with E-state index < -0.39 is 18.4 Å². The standard InChI is InChI=1S/C28H31N3O6/c1-18(2)30-16-22(24(20-11-7-5-8-12-20)21-13-9-6-10-14-21)31-25(27(30)33)26(23(32)15-29-31)35-17-36-28(34)37-19(3)4/h5-15,18-19,22,24H,16-17H2,1-4H3. The summed E-state index contributed by atoms with van der Waals surface area (Å²) in [5.74, 6) is -0.765. The fourth-order valence-electron chi connectivity index (χ4n) is 4.55. The largest absolute Gasteiger partial charge is 0.511 e. The van der Waals surface area contributed by atoms with Gasteiger partial charge < -0.3 is 19.1 Å². The van der Waals surface area contributed by atoms with Gasteiger partial charge in [-0.05, 0) is 38.8 Å². The molecule has 0 spiro atoms. The van der Waals surface area contributed by atoms with Crippen molar-refractivity contribution in [2.45, 2.75) is 51.8 Å². The van der Waals surface area contributed by atoms with E-state index in [0.717, 1.165) is 17.3 Å². The summed E-state index contributed by atoms with van der Waals surface area (Å²) in [6, 6.07) is 19.5. The van der Waals surface area contributed by atoms with Gasteiger partial charge in [-0.25, -0.2) is 4.79 Å². The topological polar surface area (TPSA) is 100.0 Å². The predicted octanol–water partition coefficient (Wildman–Crippen LogP) is 4.38. The molecule has 4 rings (SSSR count). The molecular formula is C28H31N3O6. The lowest BCUT2D eigenvalue weighted by molar-refractivity contribution is -0.00941. The Morgan fingerprint density at radius 3 is 2.11 bits per heavy atom. The zero-order valence-corrected chi connectivity index (χ0v) is 21.4. The number of nitrogens with zero attached hydrogens (tertiary/aromatic N) is 3. The molecule has 0 saturated carbocycles. The molecule has 0 bridgehead atoms. The van der Waals surface area contributed by atoms with Crippen molar-refractivity contribution in [1.29, 1.82) is 0 Å². The van der Waals surface area contributed by atoms with Crippen molar-refractivity contribution in [2.75, 3.05) is 13.3 Å². The zero-order chi connectivity index (χ0) is 26.5. The maximum absolute atomic E-state index is 13.6. The fraction of sp³-hybridized carbons (Fsp3) is 0.357. The Morgan fingerprint density at radius 2 is 1.57 bits per heavy atom. The number of rotatable bonds is 8. The minimum absolute atomic E-state index is 0.0233. The van der Waals surface area contributed by atoms with Crippen molar-refractivity contribution in [3.8, 4) is 5.75 Å². The third-order valence-electron chi connectivity index (χ3n) is 6.17. The molecule has 0 radical (unpaired) electrons. The molecule has 2 heterocycles. The van der Waals surface area contributed by atoms with E-state index in [1.165, 1.54) is 0 Å². The van der Waals surface area contributed by atoms with Gasteiger partial charge in [0, 0.05) is 18.5 Å². The van der Waals surface area contributed by atoms with Crippen LogP contribution in [0.4, 0.5) is 4.79 Å². The van der Waals surface area contributed by atoms with Crippen molar-refractivity contribution in [1.82, 2.24) is 14.7 Å². The third kappa shape index (κ3) is 5.66. The van der Waals surface area contributed by atoms with Crippen molar-refractivity contribution < 1.29 is 23.8 Å². The van der Waals surface area contributed by atoms with E-state index in [-0.39, 0.29) is 41.5 Å². The highest BCUT2D eigenvalue weighted by atomic mass is 16.8. The first-order valence-electron chi connectivity index (χ1n) is 12.3. The maximum atomic E-state index is 13.6. The third-order valence-corrected chi connectivity index (χ3v) is 6.17. The molecule has 0 fully saturated rings. The Bertz CT molecular complexity index is 1250. The number of fused-ring (bicyclic) bond motifs is 1. The van der Waals surface area contributed by atoms with E-state index in [1.807, 2.05) is 74.5 Å². The first-order chi connectivity index (χ1) is 17.8. The van der Waals surface area contributed by atoms with Gasteiger partial charge in [-0.15, -0.1) is 0 Å². The van der Waals surface area contributed by atoms with Crippen LogP contribution in [0.5, 0.6) is 5.75 Å². The van der Waals surface area contributed by atoms with Gasteiger partial charge in [-0.2, -0.15) is 5.10 Å². The quantitative estimate of drug-likeness (QED) is 0.331. The van der Waals surface area contributed by atoms with Gasteiger partial charge in [0.2, 0.25) is 18.0 Å². The fourth-order valence-corrected chi connectivity index (χ4v) is 4.55. The lowest BCUT2D eigenvalue weighted by atomic mass is 9.83. The Labute approximate surface area is 215 Å². The predicted molar refractivity (Wildman–Crippen MR) is 137 cm³/mol. The number of aromatic nitrogens is 2. The van der Waals surface area contributed by atoms with Crippen molar-refractivity contribution >= 4 is 12.1 Å². The summed E-state index contributed by atoms with van der Waals surface area (Å²) < 4.78 is 17.0. The summed E-state index contributed by atoms with van der Waals surface area (Å²) in [6.45, 7) is 7.00. The van der Waals surface area contributed by atoms with Crippen molar-refractivity contribution in [2.24, 2.45) is 0 Å². The van der Waals surface area contributed by atoms with Crippen LogP contribution in [0.25, 0.3) is 0 Å². The Hall–Kier alpha value is -4.14. The average Bonchev–Trinajstić information content (AvgIpc) is 2.87.